The number of carbonyl (C=O) groups is 1. The fourth-order valence-corrected chi connectivity index (χ4v) is 4.97. The maximum Gasteiger partial charge on any atom is 0.343 e. The summed E-state index contributed by atoms with van der Waals surface area (Å²) in [6, 6.07) is 14.8. The number of phenols is 1. The molecule has 0 saturated carbocycles. The van der Waals surface area contributed by atoms with Crippen molar-refractivity contribution in [3.63, 3.8) is 0 Å². The first-order valence-corrected chi connectivity index (χ1v) is 13.3. The Labute approximate surface area is 229 Å². The molecule has 39 heavy (non-hydrogen) atoms. The third kappa shape index (κ3) is 6.52. The number of carbonyl (C=O) groups excluding carboxylic acids is 1. The van der Waals surface area contributed by atoms with Gasteiger partial charge >= 0.3 is 5.97 Å². The zero-order valence-corrected chi connectivity index (χ0v) is 23.1. The molecule has 3 aromatic rings. The smallest absolute Gasteiger partial charge is 0.343 e. The van der Waals surface area contributed by atoms with Crippen molar-refractivity contribution in [1.29, 1.82) is 0 Å². The van der Waals surface area contributed by atoms with Crippen LogP contribution < -0.4 is 10.2 Å². The van der Waals surface area contributed by atoms with Crippen LogP contribution >= 0.6 is 0 Å². The number of pyridine rings is 1. The number of hydrogen-bond acceptors (Lipinski definition) is 7. The van der Waals surface area contributed by atoms with Gasteiger partial charge in [-0.3, -0.25) is 4.79 Å². The van der Waals surface area contributed by atoms with Gasteiger partial charge in [-0.1, -0.05) is 44.2 Å². The molecule has 1 atom stereocenters. The lowest BCUT2D eigenvalue weighted by molar-refractivity contribution is 0.0219. The summed E-state index contributed by atoms with van der Waals surface area (Å²) < 4.78 is 24.2. The van der Waals surface area contributed by atoms with Crippen LogP contribution in [0.2, 0.25) is 0 Å². The molecule has 0 aliphatic carbocycles. The monoisotopic (exact) mass is 535 g/mol. The molecule has 4 rings (SSSR count). The molecule has 8 nitrogen and oxygen atoms in total. The maximum absolute atomic E-state index is 13.0. The Morgan fingerprint density at radius 3 is 2.62 bits per heavy atom. The average Bonchev–Trinajstić information content (AvgIpc) is 2.91. The van der Waals surface area contributed by atoms with Crippen LogP contribution in [-0.2, 0) is 27.2 Å². The van der Waals surface area contributed by atoms with Crippen LogP contribution in [-0.4, -0.2) is 49.2 Å². The number of esters is 1. The third-order valence-electron chi connectivity index (χ3n) is 7.02. The second-order valence-electron chi connectivity index (χ2n) is 10.4. The van der Waals surface area contributed by atoms with Crippen molar-refractivity contribution in [2.75, 3.05) is 33.5 Å². The van der Waals surface area contributed by atoms with E-state index in [1.165, 1.54) is 6.07 Å². The predicted octanol–water partition coefficient (Wildman–Crippen LogP) is 5.15. The minimum Gasteiger partial charge on any atom is -0.504 e. The van der Waals surface area contributed by atoms with E-state index in [-0.39, 0.29) is 29.4 Å². The predicted molar refractivity (Wildman–Crippen MR) is 148 cm³/mol. The summed E-state index contributed by atoms with van der Waals surface area (Å²) in [5.74, 6) is -0.271. The zero-order valence-electron chi connectivity index (χ0n) is 23.1. The fourth-order valence-electron chi connectivity index (χ4n) is 4.97. The van der Waals surface area contributed by atoms with Gasteiger partial charge in [0, 0.05) is 49.4 Å². The zero-order chi connectivity index (χ0) is 28.0. The normalized spacial score (nSPS) is 14.4. The van der Waals surface area contributed by atoms with Crippen LogP contribution in [0.25, 0.3) is 11.3 Å². The Balaban J connectivity index is 1.71. The highest BCUT2D eigenvalue weighted by atomic mass is 16.5. The van der Waals surface area contributed by atoms with E-state index >= 15 is 0 Å². The van der Waals surface area contributed by atoms with E-state index in [0.29, 0.717) is 50.7 Å². The average molecular weight is 536 g/mol. The molecule has 0 bridgehead atoms. The first kappa shape index (κ1) is 28.4. The Bertz CT molecular complexity index is 1350. The molecule has 1 aliphatic rings. The van der Waals surface area contributed by atoms with E-state index in [2.05, 4.69) is 13.8 Å². The minimum absolute atomic E-state index is 0.0106. The summed E-state index contributed by atoms with van der Waals surface area (Å²) in [5.41, 5.74) is 2.54. The van der Waals surface area contributed by atoms with Crippen molar-refractivity contribution in [1.82, 2.24) is 4.57 Å². The largest absolute Gasteiger partial charge is 0.504 e. The molecule has 0 amide bonds. The van der Waals surface area contributed by atoms with E-state index in [9.17, 15) is 14.7 Å². The molecule has 0 fully saturated rings. The lowest BCUT2D eigenvalue weighted by Gasteiger charge is -2.41. The Morgan fingerprint density at radius 2 is 1.90 bits per heavy atom. The second kappa shape index (κ2) is 12.5. The van der Waals surface area contributed by atoms with Crippen LogP contribution in [0, 0.1) is 5.41 Å². The molecule has 208 valence electrons. The van der Waals surface area contributed by atoms with Gasteiger partial charge in [-0.25, -0.2) is 4.79 Å². The van der Waals surface area contributed by atoms with Gasteiger partial charge in [0.1, 0.15) is 5.56 Å². The SMILES string of the molecule is CCOC(=O)c1cn2c(cc1=O)-c1cc(O)c(OCCCOC)cc1CC2C(C)(C)COCc1ccccc1. The minimum atomic E-state index is -0.650. The first-order chi connectivity index (χ1) is 18.7. The second-order valence-corrected chi connectivity index (χ2v) is 10.4. The number of aromatic hydroxyl groups is 1. The standard InChI is InChI=1S/C31H37NO7/c1-5-38-30(35)24-18-32-25(17-26(24)33)23-16-27(34)28(39-13-9-12-36-4)14-22(23)15-29(32)31(2,3)20-37-19-21-10-7-6-8-11-21/h6-8,10-11,14,16-18,29,34H,5,9,12-13,15,19-20H2,1-4H3. The van der Waals surface area contributed by atoms with Gasteiger partial charge in [0.25, 0.3) is 0 Å². The molecule has 2 heterocycles. The van der Waals surface area contributed by atoms with Crippen molar-refractivity contribution in [2.45, 2.75) is 46.3 Å². The van der Waals surface area contributed by atoms with Gasteiger partial charge in [0.05, 0.1) is 32.1 Å². The molecule has 0 spiro atoms. The molecule has 0 saturated heterocycles. The first-order valence-electron chi connectivity index (χ1n) is 13.3. The number of nitrogens with zero attached hydrogens (tertiary/aromatic N) is 1. The van der Waals surface area contributed by atoms with E-state index in [4.69, 9.17) is 18.9 Å². The van der Waals surface area contributed by atoms with E-state index < -0.39 is 11.4 Å². The summed E-state index contributed by atoms with van der Waals surface area (Å²) in [4.78, 5) is 25.6. The highest BCUT2D eigenvalue weighted by molar-refractivity contribution is 5.89. The van der Waals surface area contributed by atoms with Crippen molar-refractivity contribution >= 4 is 5.97 Å². The van der Waals surface area contributed by atoms with Crippen LogP contribution in [0.4, 0.5) is 0 Å². The van der Waals surface area contributed by atoms with Gasteiger partial charge in [0.15, 0.2) is 16.9 Å². The molecule has 2 aromatic carbocycles. The molecule has 1 N–H and O–H groups in total. The Morgan fingerprint density at radius 1 is 1.13 bits per heavy atom. The molecular weight excluding hydrogens is 498 g/mol. The lowest BCUT2D eigenvalue weighted by atomic mass is 9.77. The van der Waals surface area contributed by atoms with Crippen LogP contribution in [0.15, 0.2) is 59.5 Å². The summed E-state index contributed by atoms with van der Waals surface area (Å²) in [5, 5.41) is 10.7. The van der Waals surface area contributed by atoms with Crippen molar-refractivity contribution in [3.05, 3.63) is 81.6 Å². The molecule has 1 unspecified atom stereocenters. The van der Waals surface area contributed by atoms with E-state index in [1.807, 2.05) is 41.0 Å². The van der Waals surface area contributed by atoms with E-state index in [0.717, 1.165) is 16.7 Å². The van der Waals surface area contributed by atoms with Gasteiger partial charge in [-0.05, 0) is 36.6 Å². The number of ether oxygens (including phenoxy) is 4. The summed E-state index contributed by atoms with van der Waals surface area (Å²) in [6.07, 6.45) is 2.87. The van der Waals surface area contributed by atoms with Crippen LogP contribution in [0.3, 0.4) is 0 Å². The third-order valence-corrected chi connectivity index (χ3v) is 7.02. The molecule has 1 aliphatic heterocycles. The molecule has 1 aromatic heterocycles. The Hall–Kier alpha value is -3.62. The number of hydrogen-bond donors (Lipinski definition) is 1. The van der Waals surface area contributed by atoms with Crippen molar-refractivity contribution < 1.29 is 28.8 Å². The number of rotatable bonds is 12. The van der Waals surface area contributed by atoms with Crippen LogP contribution in [0.1, 0.15) is 54.7 Å². The van der Waals surface area contributed by atoms with Gasteiger partial charge in [0.2, 0.25) is 0 Å². The highest BCUT2D eigenvalue weighted by Gasteiger charge is 2.37. The highest BCUT2D eigenvalue weighted by Crippen LogP contribution is 2.46. The van der Waals surface area contributed by atoms with Crippen LogP contribution in [0.5, 0.6) is 11.5 Å². The fraction of sp³-hybridized carbons (Fsp3) is 0.419. The number of benzene rings is 2. The molecule has 0 radical (unpaired) electrons. The van der Waals surface area contributed by atoms with E-state index in [1.54, 1.807) is 26.3 Å². The van der Waals surface area contributed by atoms with Crippen molar-refractivity contribution in [3.8, 4) is 22.8 Å². The molecule has 8 heteroatoms. The van der Waals surface area contributed by atoms with Gasteiger partial charge in [-0.15, -0.1) is 0 Å². The number of aromatic nitrogens is 1. The van der Waals surface area contributed by atoms with Crippen molar-refractivity contribution in [2.24, 2.45) is 5.41 Å². The quantitative estimate of drug-likeness (QED) is 0.253. The maximum atomic E-state index is 13.0. The summed E-state index contributed by atoms with van der Waals surface area (Å²) >= 11 is 0. The number of fused-ring (bicyclic) bond motifs is 3. The van der Waals surface area contributed by atoms with Gasteiger partial charge in [-0.2, -0.15) is 0 Å². The Kier molecular flexibility index (Phi) is 9.09. The topological polar surface area (TPSA) is 96.2 Å². The summed E-state index contributed by atoms with van der Waals surface area (Å²) in [6.45, 7) is 7.99. The number of phenolic OH excluding ortho intramolecular Hbond substituents is 1. The number of methoxy groups -OCH3 is 1. The van der Waals surface area contributed by atoms with Gasteiger partial charge < -0.3 is 28.6 Å². The lowest BCUT2D eigenvalue weighted by Crippen LogP contribution is -2.37. The molecular formula is C31H37NO7. The summed E-state index contributed by atoms with van der Waals surface area (Å²) in [7, 11) is 1.63.